The van der Waals surface area contributed by atoms with Crippen molar-refractivity contribution in [3.8, 4) is 11.3 Å². The van der Waals surface area contributed by atoms with E-state index in [2.05, 4.69) is 27.8 Å². The molecule has 0 aromatic heterocycles. The minimum atomic E-state index is 0.596. The Kier molecular flexibility index (Phi) is 2.83. The number of fused-ring (bicyclic) bond motifs is 1. The van der Waals surface area contributed by atoms with Gasteiger partial charge in [0.25, 0.3) is 0 Å². The van der Waals surface area contributed by atoms with E-state index < -0.39 is 0 Å². The summed E-state index contributed by atoms with van der Waals surface area (Å²) in [6.45, 7) is 1.28. The minimum Gasteiger partial charge on any atom is -0.351 e. The third-order valence-corrected chi connectivity index (χ3v) is 2.40. The highest BCUT2D eigenvalue weighted by atomic mass is 14.9. The summed E-state index contributed by atoms with van der Waals surface area (Å²) >= 11 is 0. The fraction of sp³-hybridized carbons (Fsp3) is 0.250. The molecule has 0 unspecified atom stereocenters. The van der Waals surface area contributed by atoms with Crippen LogP contribution in [0.3, 0.4) is 0 Å². The summed E-state index contributed by atoms with van der Waals surface area (Å²) in [6, 6.07) is 10.3. The zero-order valence-corrected chi connectivity index (χ0v) is 8.85. The molecular weight excluding hydrogens is 186 g/mol. The smallest absolute Gasteiger partial charge is 0.0596 e. The molecule has 1 aliphatic heterocycles. The van der Waals surface area contributed by atoms with E-state index in [9.17, 15) is 0 Å². The highest BCUT2D eigenvalue weighted by Crippen LogP contribution is 2.17. The number of aromatic nitrogens is 1. The molecule has 3 nitrogen and oxygen atoms in total. The maximum absolute atomic E-state index is 5.42. The Hall–Kier alpha value is -1.61. The van der Waals surface area contributed by atoms with Crippen LogP contribution in [0.5, 0.6) is 0 Å². The highest BCUT2D eigenvalue weighted by Gasteiger charge is 2.01. The molecule has 0 saturated carbocycles. The van der Waals surface area contributed by atoms with Crippen LogP contribution in [0.2, 0.25) is 0 Å². The molecule has 0 aromatic carbocycles. The molecule has 0 atom stereocenters. The van der Waals surface area contributed by atoms with Crippen LogP contribution in [0.1, 0.15) is 0 Å². The highest BCUT2D eigenvalue weighted by molar-refractivity contribution is 5.60. The first-order valence-electron chi connectivity index (χ1n) is 5.07. The van der Waals surface area contributed by atoms with E-state index in [1.54, 1.807) is 0 Å². The van der Waals surface area contributed by atoms with Crippen molar-refractivity contribution in [2.45, 2.75) is 0 Å². The van der Waals surface area contributed by atoms with E-state index in [1.807, 2.05) is 25.4 Å². The van der Waals surface area contributed by atoms with Crippen LogP contribution in [0.4, 0.5) is 0 Å². The lowest BCUT2D eigenvalue weighted by atomic mass is 10.1. The van der Waals surface area contributed by atoms with Gasteiger partial charge in [-0.2, -0.15) is 0 Å². The number of nitrogens with zero attached hydrogens (tertiary/aromatic N) is 2. The monoisotopic (exact) mass is 201 g/mol. The van der Waals surface area contributed by atoms with Gasteiger partial charge in [-0.05, 0) is 23.8 Å². The first kappa shape index (κ1) is 9.93. The van der Waals surface area contributed by atoms with E-state index in [0.717, 1.165) is 5.36 Å². The van der Waals surface area contributed by atoms with Crippen LogP contribution in [0.15, 0.2) is 41.5 Å². The lowest BCUT2D eigenvalue weighted by Crippen LogP contribution is -2.10. The van der Waals surface area contributed by atoms with Gasteiger partial charge in [0.1, 0.15) is 0 Å². The molecular formula is C12H15N3. The number of hydrogen-bond acceptors (Lipinski definition) is 2. The minimum absolute atomic E-state index is 0.596. The van der Waals surface area contributed by atoms with Crippen LogP contribution in [0.25, 0.3) is 11.3 Å². The summed E-state index contributed by atoms with van der Waals surface area (Å²) in [5, 5.41) is 0.995. The number of aryl methyl sites for hydroxylation is 1. The van der Waals surface area contributed by atoms with Crippen molar-refractivity contribution < 1.29 is 0 Å². The first-order valence-corrected chi connectivity index (χ1v) is 5.07. The Morgan fingerprint density at radius 3 is 3.00 bits per heavy atom. The van der Waals surface area contributed by atoms with Crippen molar-refractivity contribution >= 4 is 0 Å². The summed E-state index contributed by atoms with van der Waals surface area (Å²) in [4.78, 5) is 4.38. The summed E-state index contributed by atoms with van der Waals surface area (Å²) in [5.74, 6) is 0. The fourth-order valence-corrected chi connectivity index (χ4v) is 1.63. The third kappa shape index (κ3) is 2.07. The van der Waals surface area contributed by atoms with Gasteiger partial charge in [0, 0.05) is 25.5 Å². The lowest BCUT2D eigenvalue weighted by Gasteiger charge is -2.10. The second-order valence-corrected chi connectivity index (χ2v) is 3.53. The second kappa shape index (κ2) is 4.28. The number of rotatable bonds is 2. The Labute approximate surface area is 89.2 Å². The van der Waals surface area contributed by atoms with Gasteiger partial charge < -0.3 is 10.3 Å². The normalized spacial score (nSPS) is 12.3. The van der Waals surface area contributed by atoms with Crippen LogP contribution >= 0.6 is 0 Å². The number of pyridine rings is 1. The maximum Gasteiger partial charge on any atom is 0.0596 e. The average Bonchev–Trinajstić information content (AvgIpc) is 2.27. The van der Waals surface area contributed by atoms with Crippen molar-refractivity contribution in [2.75, 3.05) is 13.1 Å². The molecule has 15 heavy (non-hydrogen) atoms. The van der Waals surface area contributed by atoms with Crippen molar-refractivity contribution in [3.05, 3.63) is 41.9 Å². The van der Waals surface area contributed by atoms with E-state index >= 15 is 0 Å². The van der Waals surface area contributed by atoms with Gasteiger partial charge in [0.2, 0.25) is 0 Å². The molecule has 0 bridgehead atoms. The number of hydrogen-bond donors (Lipinski definition) is 1. The maximum atomic E-state index is 5.42. The van der Waals surface area contributed by atoms with E-state index in [0.29, 0.717) is 13.1 Å². The van der Waals surface area contributed by atoms with Crippen LogP contribution in [-0.2, 0) is 7.05 Å². The number of nitrogens with two attached hydrogens (primary N) is 1. The summed E-state index contributed by atoms with van der Waals surface area (Å²) < 4.78 is 2.09. The predicted octanol–water partition coefficient (Wildman–Crippen LogP) is 0.989. The Morgan fingerprint density at radius 1 is 1.33 bits per heavy atom. The van der Waals surface area contributed by atoms with Crippen LogP contribution < -0.4 is 11.1 Å². The Balaban J connectivity index is 2.55. The van der Waals surface area contributed by atoms with Crippen molar-refractivity contribution in [1.82, 2.24) is 4.57 Å². The SMILES string of the molecule is Cn1cccc2ccc(=NCCN)cc1-2. The van der Waals surface area contributed by atoms with Gasteiger partial charge in [-0.15, -0.1) is 0 Å². The Bertz CT molecular complexity index is 485. The fourth-order valence-electron chi connectivity index (χ4n) is 1.63. The average molecular weight is 201 g/mol. The van der Waals surface area contributed by atoms with Gasteiger partial charge in [0.15, 0.2) is 0 Å². The van der Waals surface area contributed by atoms with Gasteiger partial charge in [0.05, 0.1) is 11.9 Å². The van der Waals surface area contributed by atoms with Gasteiger partial charge >= 0.3 is 0 Å². The standard InChI is InChI=1S/C12H15N3/c1-15-8-2-3-10-4-5-11(9-12(10)15)14-7-6-13/h2-5,8-9H,6-7,13H2,1H3. The zero-order chi connectivity index (χ0) is 10.7. The largest absolute Gasteiger partial charge is 0.351 e. The molecule has 0 aromatic rings. The number of benzene rings is 1. The summed E-state index contributed by atoms with van der Waals surface area (Å²) in [5.41, 5.74) is 7.84. The quantitative estimate of drug-likeness (QED) is 0.773. The molecule has 0 spiro atoms. The molecule has 0 amide bonds. The molecule has 78 valence electrons. The van der Waals surface area contributed by atoms with Crippen molar-refractivity contribution in [3.63, 3.8) is 0 Å². The molecule has 1 aliphatic carbocycles. The zero-order valence-electron chi connectivity index (χ0n) is 8.85. The van der Waals surface area contributed by atoms with Gasteiger partial charge in [-0.1, -0.05) is 12.1 Å². The molecule has 3 heteroatoms. The van der Waals surface area contributed by atoms with Crippen molar-refractivity contribution in [1.29, 1.82) is 0 Å². The predicted molar refractivity (Wildman–Crippen MR) is 61.5 cm³/mol. The molecule has 1 heterocycles. The topological polar surface area (TPSA) is 43.3 Å². The Morgan fingerprint density at radius 2 is 2.20 bits per heavy atom. The van der Waals surface area contributed by atoms with Crippen molar-refractivity contribution in [2.24, 2.45) is 17.8 Å². The van der Waals surface area contributed by atoms with E-state index in [4.69, 9.17) is 5.73 Å². The third-order valence-electron chi connectivity index (χ3n) is 2.40. The molecule has 2 rings (SSSR count). The second-order valence-electron chi connectivity index (χ2n) is 3.53. The summed E-state index contributed by atoms with van der Waals surface area (Å²) in [6.07, 6.45) is 2.04. The first-order chi connectivity index (χ1) is 7.31. The van der Waals surface area contributed by atoms with E-state index in [-0.39, 0.29) is 0 Å². The molecule has 0 fully saturated rings. The van der Waals surface area contributed by atoms with Gasteiger partial charge in [-0.25, -0.2) is 0 Å². The van der Waals surface area contributed by atoms with Crippen LogP contribution in [-0.4, -0.2) is 17.7 Å². The van der Waals surface area contributed by atoms with E-state index in [1.165, 1.54) is 11.3 Å². The molecule has 0 radical (unpaired) electrons. The van der Waals surface area contributed by atoms with Gasteiger partial charge in [-0.3, -0.25) is 4.99 Å². The summed E-state index contributed by atoms with van der Waals surface area (Å²) in [7, 11) is 2.04. The van der Waals surface area contributed by atoms with Crippen LogP contribution in [0, 0.1) is 0 Å². The molecule has 0 saturated heterocycles. The lowest BCUT2D eigenvalue weighted by molar-refractivity contribution is 0.904. The molecule has 2 aliphatic rings. The molecule has 2 N–H and O–H groups in total.